The minimum atomic E-state index is -1.12. The van der Waals surface area contributed by atoms with Crippen LogP contribution < -0.4 is 10.6 Å². The van der Waals surface area contributed by atoms with Gasteiger partial charge < -0.3 is 5.32 Å². The third-order valence-corrected chi connectivity index (χ3v) is 10.1. The molecule has 0 aromatic heterocycles. The number of alkyl halides is 2. The number of nitrogens with zero attached hydrogens (tertiary/aromatic N) is 1. The summed E-state index contributed by atoms with van der Waals surface area (Å²) in [4.78, 5) is 40.8. The molecule has 1 atom stereocenters. The molecule has 206 valence electrons. The number of aryl methyl sites for hydroxylation is 1. The number of hydrogen-bond donors (Lipinski definition) is 2. The fourth-order valence-electron chi connectivity index (χ4n) is 4.48. The number of rotatable bonds is 9. The van der Waals surface area contributed by atoms with Crippen molar-refractivity contribution in [3.05, 3.63) is 83.7 Å². The van der Waals surface area contributed by atoms with Crippen LogP contribution in [0.1, 0.15) is 35.2 Å². The summed E-state index contributed by atoms with van der Waals surface area (Å²) in [6.07, 6.45) is 2.30. The number of ether oxygens (including phenoxy) is 1. The molecule has 1 saturated heterocycles. The number of carbonyl (C=O) groups is 3. The van der Waals surface area contributed by atoms with Crippen LogP contribution in [-0.4, -0.2) is 50.5 Å². The Labute approximate surface area is 235 Å². The summed E-state index contributed by atoms with van der Waals surface area (Å²) in [7, 11) is 0. The van der Waals surface area contributed by atoms with Crippen LogP contribution in [0.4, 0.5) is 20.6 Å². The first-order valence-electron chi connectivity index (χ1n) is 12.8. The van der Waals surface area contributed by atoms with Crippen molar-refractivity contribution in [2.24, 2.45) is 0 Å². The number of benzene rings is 3. The number of hydrogen-bond acceptors (Lipinski definition) is 5. The summed E-state index contributed by atoms with van der Waals surface area (Å²) < 4.78 is 22.4. The first-order valence-corrected chi connectivity index (χ1v) is 18.1. The standard InChI is InChI=1S/C30H33FIN3O4/c1-32(2)35-16-6-9-24(19-35)39-30(38)34-28-18-21(10-13-25(28)23-7-4-3-5-8-23)12-15-29(37)33-27-14-11-22(20-36)17-26(27)31/h3-5,7-8,10-11,13-14,17-18,20,24H,6,9,12,15-16,19H2,1-2H3,(H,33,37)(H,34,38). The van der Waals surface area contributed by atoms with E-state index in [2.05, 4.69) is 23.6 Å². The molecule has 3 aromatic rings. The molecule has 0 spiro atoms. The van der Waals surface area contributed by atoms with Crippen LogP contribution in [0.25, 0.3) is 11.1 Å². The molecule has 1 aliphatic rings. The summed E-state index contributed by atoms with van der Waals surface area (Å²) in [5.41, 5.74) is 3.46. The molecule has 9 heteroatoms. The van der Waals surface area contributed by atoms with Crippen LogP contribution >= 0.6 is 20.1 Å². The second-order valence-electron chi connectivity index (χ2n) is 9.53. The normalized spacial score (nSPS) is 15.8. The fourth-order valence-corrected chi connectivity index (χ4v) is 7.02. The van der Waals surface area contributed by atoms with Gasteiger partial charge in [-0.3, -0.25) is 9.59 Å². The number of aldehydes is 1. The number of anilines is 2. The zero-order valence-corrected chi connectivity index (χ0v) is 24.2. The van der Waals surface area contributed by atoms with Gasteiger partial charge >= 0.3 is 176 Å². The first kappa shape index (κ1) is 28.7. The topological polar surface area (TPSA) is 87.7 Å². The molecule has 39 heavy (non-hydrogen) atoms. The van der Waals surface area contributed by atoms with E-state index in [1.165, 1.54) is 12.1 Å². The Balaban J connectivity index is 1.44. The van der Waals surface area contributed by atoms with Gasteiger partial charge in [-0.05, 0) is 18.2 Å². The number of halogens is 2. The van der Waals surface area contributed by atoms with Crippen molar-refractivity contribution in [3.63, 3.8) is 0 Å². The van der Waals surface area contributed by atoms with Crippen molar-refractivity contribution in [1.29, 1.82) is 0 Å². The summed E-state index contributed by atoms with van der Waals surface area (Å²) in [5.74, 6) is -1.02. The van der Waals surface area contributed by atoms with Crippen LogP contribution in [0.5, 0.6) is 0 Å². The van der Waals surface area contributed by atoms with Crippen LogP contribution in [0.2, 0.25) is 0 Å². The molecule has 1 aliphatic heterocycles. The Morgan fingerprint density at radius 1 is 1.05 bits per heavy atom. The van der Waals surface area contributed by atoms with E-state index in [9.17, 15) is 18.8 Å². The van der Waals surface area contributed by atoms with E-state index in [1.807, 2.05) is 48.5 Å². The Hall–Kier alpha value is -3.31. The molecule has 0 saturated carbocycles. The van der Waals surface area contributed by atoms with Crippen molar-refractivity contribution in [2.45, 2.75) is 31.8 Å². The van der Waals surface area contributed by atoms with Gasteiger partial charge in [0.15, 0.2) is 0 Å². The van der Waals surface area contributed by atoms with E-state index >= 15 is 0 Å². The Morgan fingerprint density at radius 2 is 1.85 bits per heavy atom. The van der Waals surface area contributed by atoms with E-state index in [-0.39, 0.29) is 29.7 Å². The van der Waals surface area contributed by atoms with Crippen molar-refractivity contribution >= 4 is 49.8 Å². The molecule has 1 unspecified atom stereocenters. The first-order chi connectivity index (χ1) is 18.8. The molecular formula is C30H33FIN3O4. The van der Waals surface area contributed by atoms with E-state index < -0.39 is 32.0 Å². The molecule has 4 rings (SSSR count). The van der Waals surface area contributed by atoms with Gasteiger partial charge in [0.25, 0.3) is 0 Å². The Morgan fingerprint density at radius 3 is 2.56 bits per heavy atom. The summed E-state index contributed by atoms with van der Waals surface area (Å²) in [5, 5.41) is 5.49. The number of piperidine rings is 1. The fraction of sp³-hybridized carbons (Fsp3) is 0.300. The summed E-state index contributed by atoms with van der Waals surface area (Å²) >= 11 is -1.12. The van der Waals surface area contributed by atoms with Gasteiger partial charge in [0, 0.05) is 5.56 Å². The SMILES string of the molecule is CI(C)N1CCCC(OC(=O)Nc2cc(CCC(=O)Nc3ccc(C=O)cc3F)ccc2-c2ccccc2)C1. The minimum absolute atomic E-state index is 0.0249. The molecule has 0 radical (unpaired) electrons. The second kappa shape index (κ2) is 13.7. The second-order valence-corrected chi connectivity index (χ2v) is 15.0. The van der Waals surface area contributed by atoms with Crippen molar-refractivity contribution in [2.75, 3.05) is 33.6 Å². The molecule has 1 fully saturated rings. The Bertz CT molecular complexity index is 1320. The van der Waals surface area contributed by atoms with Crippen molar-refractivity contribution < 1.29 is 23.5 Å². The van der Waals surface area contributed by atoms with Crippen molar-refractivity contribution in [1.82, 2.24) is 3.11 Å². The summed E-state index contributed by atoms with van der Waals surface area (Å²) in [6, 6.07) is 19.3. The number of nitrogens with one attached hydrogen (secondary N) is 2. The van der Waals surface area contributed by atoms with Gasteiger partial charge in [-0.2, -0.15) is 0 Å². The van der Waals surface area contributed by atoms with Gasteiger partial charge in [-0.25, -0.2) is 4.39 Å². The maximum absolute atomic E-state index is 14.1. The van der Waals surface area contributed by atoms with Gasteiger partial charge in [0.2, 0.25) is 0 Å². The molecule has 1 heterocycles. The van der Waals surface area contributed by atoms with Gasteiger partial charge in [0.05, 0.1) is 5.69 Å². The quantitative estimate of drug-likeness (QED) is 0.119. The maximum atomic E-state index is 14.1. The molecule has 2 N–H and O–H groups in total. The Kier molecular flexibility index (Phi) is 10.0. The van der Waals surface area contributed by atoms with E-state index in [4.69, 9.17) is 4.74 Å². The molecule has 0 bridgehead atoms. The van der Waals surface area contributed by atoms with Crippen LogP contribution in [-0.2, 0) is 16.0 Å². The number of amides is 2. The monoisotopic (exact) mass is 645 g/mol. The van der Waals surface area contributed by atoms with Crippen molar-refractivity contribution in [3.8, 4) is 11.1 Å². The molecule has 7 nitrogen and oxygen atoms in total. The van der Waals surface area contributed by atoms with Gasteiger partial charge in [-0.1, -0.05) is 0 Å². The van der Waals surface area contributed by atoms with E-state index in [0.29, 0.717) is 18.4 Å². The average Bonchev–Trinajstić information content (AvgIpc) is 2.93. The zero-order valence-electron chi connectivity index (χ0n) is 22.1. The van der Waals surface area contributed by atoms with Crippen LogP contribution in [0.15, 0.2) is 66.7 Å². The van der Waals surface area contributed by atoms with E-state index in [0.717, 1.165) is 48.7 Å². The zero-order chi connectivity index (χ0) is 27.8. The predicted molar refractivity (Wildman–Crippen MR) is 161 cm³/mol. The molecule has 2 amide bonds. The predicted octanol–water partition coefficient (Wildman–Crippen LogP) is 6.57. The van der Waals surface area contributed by atoms with Crippen LogP contribution in [0.3, 0.4) is 0 Å². The summed E-state index contributed by atoms with van der Waals surface area (Å²) in [6.45, 7) is 1.86. The molecule has 0 aliphatic carbocycles. The number of carbonyl (C=O) groups excluding carboxylic acids is 3. The third-order valence-electron chi connectivity index (χ3n) is 6.53. The molecule has 3 aromatic carbocycles. The molecular weight excluding hydrogens is 612 g/mol. The van der Waals surface area contributed by atoms with E-state index in [1.54, 1.807) is 0 Å². The third kappa shape index (κ3) is 8.09. The van der Waals surface area contributed by atoms with Gasteiger partial charge in [-0.15, -0.1) is 0 Å². The van der Waals surface area contributed by atoms with Crippen LogP contribution in [0, 0.1) is 5.82 Å². The average molecular weight is 646 g/mol. The van der Waals surface area contributed by atoms with Gasteiger partial charge in [0.1, 0.15) is 12.1 Å².